The van der Waals surface area contributed by atoms with Gasteiger partial charge in [-0.2, -0.15) is 0 Å². The Labute approximate surface area is 248 Å². The van der Waals surface area contributed by atoms with Gasteiger partial charge in [-0.15, -0.1) is 0 Å². The molecule has 206 valence electrons. The molecule has 0 fully saturated rings. The van der Waals surface area contributed by atoms with Crippen LogP contribution in [0.5, 0.6) is 0 Å². The lowest BCUT2D eigenvalue weighted by atomic mass is 10.1. The topological polar surface area (TPSA) is 11.4 Å². The van der Waals surface area contributed by atoms with Crippen molar-refractivity contribution in [2.24, 2.45) is 0 Å². The Kier molecular flexibility index (Phi) is 7.49. The van der Waals surface area contributed by atoms with Gasteiger partial charge in [0, 0.05) is 29.2 Å². The lowest BCUT2D eigenvalue weighted by Gasteiger charge is -2.38. The Bertz CT molecular complexity index is 1930. The fraction of sp³-hybridized carbons (Fsp3) is 0.0769. The van der Waals surface area contributed by atoms with E-state index in [9.17, 15) is 0 Å². The zero-order chi connectivity index (χ0) is 29.1. The van der Waals surface area contributed by atoms with Crippen LogP contribution < -0.4 is 9.80 Å². The van der Waals surface area contributed by atoms with Crippen molar-refractivity contribution >= 4 is 38.9 Å². The fourth-order valence-corrected chi connectivity index (χ4v) is 5.83. The molecule has 0 saturated heterocycles. The number of allylic oxidation sites excluding steroid dienone is 3. The SMILES string of the molecule is C=CC1=C(/C=C\C)N(C)c2ccccc2N1c1ccccc1.Cc1ccc2c(c1)c1ccccc1n2-c1ccccc1. The fourth-order valence-electron chi connectivity index (χ4n) is 5.83. The van der Waals surface area contributed by atoms with E-state index in [1.807, 2.05) is 19.1 Å². The molecule has 3 heteroatoms. The number of para-hydroxylation sites is 5. The third-order valence-electron chi connectivity index (χ3n) is 7.72. The summed E-state index contributed by atoms with van der Waals surface area (Å²) in [5, 5.41) is 2.64. The molecule has 1 aromatic heterocycles. The predicted molar refractivity (Wildman–Crippen MR) is 181 cm³/mol. The molecule has 0 saturated carbocycles. The molecule has 1 aliphatic rings. The van der Waals surface area contributed by atoms with Crippen LogP contribution in [0.1, 0.15) is 12.5 Å². The number of nitrogens with zero attached hydrogens (tertiary/aromatic N) is 3. The van der Waals surface area contributed by atoms with Gasteiger partial charge < -0.3 is 14.4 Å². The van der Waals surface area contributed by atoms with Crippen LogP contribution in [0, 0.1) is 6.92 Å². The highest BCUT2D eigenvalue weighted by atomic mass is 15.3. The number of aryl methyl sites for hydroxylation is 1. The minimum absolute atomic E-state index is 1.09. The van der Waals surface area contributed by atoms with Gasteiger partial charge in [-0.25, -0.2) is 0 Å². The number of aromatic nitrogens is 1. The van der Waals surface area contributed by atoms with E-state index in [1.54, 1.807) is 0 Å². The summed E-state index contributed by atoms with van der Waals surface area (Å²) in [6.07, 6.45) is 6.12. The van der Waals surface area contributed by atoms with Crippen LogP contribution in [0.3, 0.4) is 0 Å². The van der Waals surface area contributed by atoms with E-state index in [2.05, 4.69) is 168 Å². The van der Waals surface area contributed by atoms with Crippen molar-refractivity contribution < 1.29 is 0 Å². The van der Waals surface area contributed by atoms with Crippen molar-refractivity contribution in [1.29, 1.82) is 0 Å². The summed E-state index contributed by atoms with van der Waals surface area (Å²) in [4.78, 5) is 4.48. The molecular weight excluding hydrogens is 510 g/mol. The maximum Gasteiger partial charge on any atom is 0.0699 e. The summed E-state index contributed by atoms with van der Waals surface area (Å²) < 4.78 is 2.34. The molecule has 0 spiro atoms. The molecule has 2 heterocycles. The molecule has 0 radical (unpaired) electrons. The first-order chi connectivity index (χ1) is 20.6. The molecule has 3 nitrogen and oxygen atoms in total. The highest BCUT2D eigenvalue weighted by Crippen LogP contribution is 2.43. The highest BCUT2D eigenvalue weighted by molar-refractivity contribution is 6.09. The summed E-state index contributed by atoms with van der Waals surface area (Å²) in [5.74, 6) is 0. The maximum absolute atomic E-state index is 4.04. The Balaban J connectivity index is 0.000000151. The molecule has 1 aliphatic heterocycles. The van der Waals surface area contributed by atoms with Gasteiger partial charge in [0.05, 0.1) is 33.8 Å². The number of hydrogen-bond acceptors (Lipinski definition) is 2. The molecule has 7 rings (SSSR count). The van der Waals surface area contributed by atoms with Crippen molar-refractivity contribution in [3.8, 4) is 5.69 Å². The second-order valence-electron chi connectivity index (χ2n) is 10.4. The van der Waals surface area contributed by atoms with E-state index < -0.39 is 0 Å². The second kappa shape index (κ2) is 11.7. The molecule has 0 aliphatic carbocycles. The second-order valence-corrected chi connectivity index (χ2v) is 10.4. The average molecular weight is 546 g/mol. The van der Waals surface area contributed by atoms with Crippen LogP contribution in [0.15, 0.2) is 164 Å². The first-order valence-electron chi connectivity index (χ1n) is 14.3. The average Bonchev–Trinajstić information content (AvgIpc) is 3.37. The van der Waals surface area contributed by atoms with Crippen molar-refractivity contribution in [3.63, 3.8) is 0 Å². The first-order valence-corrected chi connectivity index (χ1v) is 14.3. The molecule has 0 atom stereocenters. The lowest BCUT2D eigenvalue weighted by molar-refractivity contribution is 1.03. The molecule has 0 bridgehead atoms. The molecule has 6 aromatic rings. The number of rotatable bonds is 4. The first kappa shape index (κ1) is 26.9. The quantitative estimate of drug-likeness (QED) is 0.218. The van der Waals surface area contributed by atoms with Gasteiger partial charge >= 0.3 is 0 Å². The van der Waals surface area contributed by atoms with Crippen LogP contribution >= 0.6 is 0 Å². The minimum Gasteiger partial charge on any atom is -0.341 e. The third kappa shape index (κ3) is 4.80. The monoisotopic (exact) mass is 545 g/mol. The smallest absolute Gasteiger partial charge is 0.0699 e. The van der Waals surface area contributed by atoms with Gasteiger partial charge in [0.1, 0.15) is 0 Å². The van der Waals surface area contributed by atoms with Crippen molar-refractivity contribution in [2.45, 2.75) is 13.8 Å². The van der Waals surface area contributed by atoms with Gasteiger partial charge in [0.15, 0.2) is 0 Å². The molecule has 0 unspecified atom stereocenters. The Morgan fingerprint density at radius 3 is 1.88 bits per heavy atom. The number of likely N-dealkylation sites (N-methyl/N-ethyl adjacent to an activating group) is 1. The van der Waals surface area contributed by atoms with E-state index in [4.69, 9.17) is 0 Å². The summed E-state index contributed by atoms with van der Waals surface area (Å²) in [6, 6.07) is 44.7. The maximum atomic E-state index is 4.04. The van der Waals surface area contributed by atoms with Crippen LogP contribution in [-0.4, -0.2) is 11.6 Å². The Hall–Kier alpha value is -5.28. The van der Waals surface area contributed by atoms with Gasteiger partial charge in [-0.3, -0.25) is 0 Å². The lowest BCUT2D eigenvalue weighted by Crippen LogP contribution is -2.30. The van der Waals surface area contributed by atoms with Crippen LogP contribution in [0.25, 0.3) is 27.5 Å². The number of anilines is 3. The van der Waals surface area contributed by atoms with Gasteiger partial charge in [0.25, 0.3) is 0 Å². The molecular formula is C39H35N3. The van der Waals surface area contributed by atoms with E-state index in [0.717, 1.165) is 17.1 Å². The van der Waals surface area contributed by atoms with Crippen LogP contribution in [-0.2, 0) is 0 Å². The largest absolute Gasteiger partial charge is 0.341 e. The van der Waals surface area contributed by atoms with E-state index >= 15 is 0 Å². The van der Waals surface area contributed by atoms with Gasteiger partial charge in [0.2, 0.25) is 0 Å². The summed E-state index contributed by atoms with van der Waals surface area (Å²) in [7, 11) is 2.10. The van der Waals surface area contributed by atoms with Gasteiger partial charge in [-0.05, 0) is 80.6 Å². The van der Waals surface area contributed by atoms with Gasteiger partial charge in [-0.1, -0.05) is 91.0 Å². The van der Waals surface area contributed by atoms with E-state index in [0.29, 0.717) is 0 Å². The van der Waals surface area contributed by atoms with Crippen LogP contribution in [0.2, 0.25) is 0 Å². The number of benzene rings is 5. The number of fused-ring (bicyclic) bond motifs is 4. The summed E-state index contributed by atoms with van der Waals surface area (Å²) >= 11 is 0. The highest BCUT2D eigenvalue weighted by Gasteiger charge is 2.26. The predicted octanol–water partition coefficient (Wildman–Crippen LogP) is 10.3. The minimum atomic E-state index is 1.09. The third-order valence-corrected chi connectivity index (χ3v) is 7.72. The molecule has 42 heavy (non-hydrogen) atoms. The van der Waals surface area contributed by atoms with Crippen LogP contribution in [0.4, 0.5) is 17.1 Å². The van der Waals surface area contributed by atoms with Crippen molar-refractivity contribution in [1.82, 2.24) is 4.57 Å². The number of hydrogen-bond donors (Lipinski definition) is 0. The van der Waals surface area contributed by atoms with E-state index in [-0.39, 0.29) is 0 Å². The zero-order valence-corrected chi connectivity index (χ0v) is 24.4. The summed E-state index contributed by atoms with van der Waals surface area (Å²) in [6.45, 7) is 8.22. The Morgan fingerprint density at radius 2 is 1.19 bits per heavy atom. The summed E-state index contributed by atoms with van der Waals surface area (Å²) in [5.41, 5.74) is 10.8. The zero-order valence-electron chi connectivity index (χ0n) is 24.4. The van der Waals surface area contributed by atoms with Crippen molar-refractivity contribution in [3.05, 3.63) is 169 Å². The molecule has 0 N–H and O–H groups in total. The normalized spacial score (nSPS) is 12.9. The van der Waals surface area contributed by atoms with E-state index in [1.165, 1.54) is 44.4 Å². The Morgan fingerprint density at radius 1 is 0.595 bits per heavy atom. The standard InChI is InChI=1S/C20H20N2.C19H15N/c1-4-11-18-17(5-2)22(16-12-7-6-8-13-16)20-15-10-9-14-19(20)21(18)3;1-14-11-12-19-17(13-14)16-9-5-6-10-18(16)20(19)15-7-3-2-4-8-15/h4-15H,2H2,1,3H3;2-13H,1H3/b11-4-;. The molecule has 0 amide bonds. The molecule has 5 aromatic carbocycles. The van der Waals surface area contributed by atoms with Crippen molar-refractivity contribution in [2.75, 3.05) is 16.8 Å².